The van der Waals surface area contributed by atoms with Crippen LogP contribution in [0.3, 0.4) is 0 Å². The van der Waals surface area contributed by atoms with E-state index in [0.29, 0.717) is 26.1 Å². The molecule has 0 heterocycles. The molecule has 0 aliphatic carbocycles. The SMILES string of the molecule is CC(C)OCCNC(=O)Cc1ccccc1CN. The molecule has 0 bridgehead atoms. The third kappa shape index (κ3) is 5.29. The summed E-state index contributed by atoms with van der Waals surface area (Å²) in [6.07, 6.45) is 0.564. The van der Waals surface area contributed by atoms with Crippen LogP contribution in [0.2, 0.25) is 0 Å². The lowest BCUT2D eigenvalue weighted by Gasteiger charge is -2.10. The fourth-order valence-corrected chi connectivity index (χ4v) is 1.65. The summed E-state index contributed by atoms with van der Waals surface area (Å²) in [4.78, 5) is 11.7. The van der Waals surface area contributed by atoms with Gasteiger partial charge in [-0.15, -0.1) is 0 Å². The highest BCUT2D eigenvalue weighted by Crippen LogP contribution is 2.08. The molecule has 0 aliphatic heterocycles. The maximum absolute atomic E-state index is 11.7. The summed E-state index contributed by atoms with van der Waals surface area (Å²) in [5.41, 5.74) is 7.64. The largest absolute Gasteiger partial charge is 0.377 e. The van der Waals surface area contributed by atoms with E-state index in [4.69, 9.17) is 10.5 Å². The standard InChI is InChI=1S/C14H22N2O2/c1-11(2)18-8-7-16-14(17)9-12-5-3-4-6-13(12)10-15/h3-6,11H,7-10,15H2,1-2H3,(H,16,17). The van der Waals surface area contributed by atoms with Gasteiger partial charge < -0.3 is 15.8 Å². The molecule has 0 radical (unpaired) electrons. The summed E-state index contributed by atoms with van der Waals surface area (Å²) in [6, 6.07) is 7.74. The first-order valence-electron chi connectivity index (χ1n) is 6.28. The topological polar surface area (TPSA) is 64.3 Å². The van der Waals surface area contributed by atoms with Gasteiger partial charge in [-0.1, -0.05) is 24.3 Å². The first-order chi connectivity index (χ1) is 8.63. The fourth-order valence-electron chi connectivity index (χ4n) is 1.65. The average molecular weight is 250 g/mol. The molecule has 1 aromatic rings. The maximum atomic E-state index is 11.7. The van der Waals surface area contributed by atoms with Crippen molar-refractivity contribution in [2.75, 3.05) is 13.2 Å². The van der Waals surface area contributed by atoms with Gasteiger partial charge in [0.2, 0.25) is 5.91 Å². The van der Waals surface area contributed by atoms with Gasteiger partial charge in [0.15, 0.2) is 0 Å². The number of hydrogen-bond donors (Lipinski definition) is 2. The van der Waals surface area contributed by atoms with Gasteiger partial charge in [-0.3, -0.25) is 4.79 Å². The second-order valence-electron chi connectivity index (χ2n) is 4.42. The van der Waals surface area contributed by atoms with Crippen LogP contribution in [0.5, 0.6) is 0 Å². The molecule has 4 heteroatoms. The van der Waals surface area contributed by atoms with Crippen LogP contribution in [-0.4, -0.2) is 25.2 Å². The number of ether oxygens (including phenoxy) is 1. The van der Waals surface area contributed by atoms with Crippen molar-refractivity contribution in [2.45, 2.75) is 32.9 Å². The summed E-state index contributed by atoms with van der Waals surface area (Å²) in [5.74, 6) is 0.00301. The van der Waals surface area contributed by atoms with Crippen LogP contribution in [0.4, 0.5) is 0 Å². The summed E-state index contributed by atoms with van der Waals surface area (Å²) < 4.78 is 5.35. The van der Waals surface area contributed by atoms with Crippen molar-refractivity contribution in [2.24, 2.45) is 5.73 Å². The van der Waals surface area contributed by atoms with Crippen LogP contribution in [0, 0.1) is 0 Å². The Balaban J connectivity index is 2.35. The molecule has 0 saturated carbocycles. The Morgan fingerprint density at radius 1 is 1.33 bits per heavy atom. The smallest absolute Gasteiger partial charge is 0.224 e. The van der Waals surface area contributed by atoms with Crippen molar-refractivity contribution in [1.29, 1.82) is 0 Å². The van der Waals surface area contributed by atoms with Gasteiger partial charge in [0.25, 0.3) is 0 Å². The minimum Gasteiger partial charge on any atom is -0.377 e. The predicted molar refractivity (Wildman–Crippen MR) is 72.1 cm³/mol. The Bertz CT molecular complexity index is 378. The van der Waals surface area contributed by atoms with Crippen LogP contribution in [0.1, 0.15) is 25.0 Å². The van der Waals surface area contributed by atoms with Crippen LogP contribution in [0.25, 0.3) is 0 Å². The zero-order chi connectivity index (χ0) is 13.4. The lowest BCUT2D eigenvalue weighted by atomic mass is 10.0. The Morgan fingerprint density at radius 2 is 2.00 bits per heavy atom. The van der Waals surface area contributed by atoms with Gasteiger partial charge in [0.1, 0.15) is 0 Å². The molecule has 1 amide bonds. The van der Waals surface area contributed by atoms with Gasteiger partial charge in [-0.2, -0.15) is 0 Å². The van der Waals surface area contributed by atoms with Gasteiger partial charge in [0, 0.05) is 13.1 Å². The monoisotopic (exact) mass is 250 g/mol. The van der Waals surface area contributed by atoms with Crippen molar-refractivity contribution in [3.63, 3.8) is 0 Å². The number of hydrogen-bond acceptors (Lipinski definition) is 3. The van der Waals surface area contributed by atoms with E-state index in [2.05, 4.69) is 5.32 Å². The molecule has 100 valence electrons. The van der Waals surface area contributed by atoms with Crippen molar-refractivity contribution < 1.29 is 9.53 Å². The van der Waals surface area contributed by atoms with Crippen molar-refractivity contribution in [3.8, 4) is 0 Å². The first kappa shape index (κ1) is 14.7. The number of benzene rings is 1. The molecular formula is C14H22N2O2. The van der Waals surface area contributed by atoms with Crippen molar-refractivity contribution in [3.05, 3.63) is 35.4 Å². The fraction of sp³-hybridized carbons (Fsp3) is 0.500. The second kappa shape index (κ2) is 7.84. The first-order valence-corrected chi connectivity index (χ1v) is 6.28. The van der Waals surface area contributed by atoms with Crippen LogP contribution < -0.4 is 11.1 Å². The lowest BCUT2D eigenvalue weighted by Crippen LogP contribution is -2.29. The van der Waals surface area contributed by atoms with E-state index in [1.54, 1.807) is 0 Å². The molecule has 0 unspecified atom stereocenters. The molecule has 0 saturated heterocycles. The van der Waals surface area contributed by atoms with E-state index in [9.17, 15) is 4.79 Å². The van der Waals surface area contributed by atoms with E-state index in [1.165, 1.54) is 0 Å². The molecule has 18 heavy (non-hydrogen) atoms. The predicted octanol–water partition coefficient (Wildman–Crippen LogP) is 1.23. The molecule has 3 N–H and O–H groups in total. The van der Waals surface area contributed by atoms with Crippen molar-refractivity contribution in [1.82, 2.24) is 5.32 Å². The van der Waals surface area contributed by atoms with E-state index in [0.717, 1.165) is 11.1 Å². The van der Waals surface area contributed by atoms with Gasteiger partial charge in [-0.05, 0) is 25.0 Å². The second-order valence-corrected chi connectivity index (χ2v) is 4.42. The number of carbonyl (C=O) groups is 1. The number of carbonyl (C=O) groups excluding carboxylic acids is 1. The van der Waals surface area contributed by atoms with Crippen LogP contribution in [-0.2, 0) is 22.5 Å². The minimum absolute atomic E-state index is 0.00301. The summed E-state index contributed by atoms with van der Waals surface area (Å²) in [6.45, 7) is 5.49. The third-order valence-electron chi connectivity index (χ3n) is 2.56. The zero-order valence-corrected chi connectivity index (χ0v) is 11.1. The molecule has 0 aliphatic rings. The van der Waals surface area contributed by atoms with E-state index >= 15 is 0 Å². The van der Waals surface area contributed by atoms with Gasteiger partial charge in [0.05, 0.1) is 19.1 Å². The van der Waals surface area contributed by atoms with Crippen LogP contribution in [0.15, 0.2) is 24.3 Å². The highest BCUT2D eigenvalue weighted by molar-refractivity contribution is 5.78. The Kier molecular flexibility index (Phi) is 6.39. The van der Waals surface area contributed by atoms with Crippen LogP contribution >= 0.6 is 0 Å². The summed E-state index contributed by atoms with van der Waals surface area (Å²) in [5, 5.41) is 2.83. The molecule has 0 aromatic heterocycles. The maximum Gasteiger partial charge on any atom is 0.224 e. The number of amides is 1. The van der Waals surface area contributed by atoms with E-state index in [-0.39, 0.29) is 12.0 Å². The van der Waals surface area contributed by atoms with E-state index in [1.807, 2.05) is 38.1 Å². The Hall–Kier alpha value is -1.39. The zero-order valence-electron chi connectivity index (χ0n) is 11.1. The lowest BCUT2D eigenvalue weighted by molar-refractivity contribution is -0.120. The normalized spacial score (nSPS) is 10.7. The molecule has 0 spiro atoms. The summed E-state index contributed by atoms with van der Waals surface area (Å²) >= 11 is 0. The number of nitrogens with one attached hydrogen (secondary N) is 1. The molecule has 0 atom stereocenters. The Labute approximate surface area is 109 Å². The van der Waals surface area contributed by atoms with E-state index < -0.39 is 0 Å². The molecule has 1 aromatic carbocycles. The minimum atomic E-state index is 0.00301. The molecular weight excluding hydrogens is 228 g/mol. The Morgan fingerprint density at radius 3 is 2.61 bits per heavy atom. The number of rotatable bonds is 7. The van der Waals surface area contributed by atoms with Crippen molar-refractivity contribution >= 4 is 5.91 Å². The quantitative estimate of drug-likeness (QED) is 0.715. The third-order valence-corrected chi connectivity index (χ3v) is 2.56. The summed E-state index contributed by atoms with van der Waals surface area (Å²) in [7, 11) is 0. The number of nitrogens with two attached hydrogens (primary N) is 1. The van der Waals surface area contributed by atoms with Gasteiger partial charge >= 0.3 is 0 Å². The highest BCUT2D eigenvalue weighted by atomic mass is 16.5. The average Bonchev–Trinajstić information content (AvgIpc) is 2.35. The molecule has 0 fully saturated rings. The molecule has 4 nitrogen and oxygen atoms in total. The highest BCUT2D eigenvalue weighted by Gasteiger charge is 2.06. The van der Waals surface area contributed by atoms with Gasteiger partial charge in [-0.25, -0.2) is 0 Å². The molecule has 1 rings (SSSR count).